The Balaban J connectivity index is 2.19. The number of ether oxygens (including phenoxy) is 2. The molecule has 0 bridgehead atoms. The molecule has 5 nitrogen and oxygen atoms in total. The van der Waals surface area contributed by atoms with Crippen LogP contribution in [0.5, 0.6) is 11.5 Å². The van der Waals surface area contributed by atoms with Crippen molar-refractivity contribution in [2.24, 2.45) is 0 Å². The van der Waals surface area contributed by atoms with Crippen molar-refractivity contribution < 1.29 is 18.7 Å². The summed E-state index contributed by atoms with van der Waals surface area (Å²) in [5.74, 6) is 2.37. The highest BCUT2D eigenvalue weighted by atomic mass is 16.5. The predicted molar refractivity (Wildman–Crippen MR) is 78.9 cm³/mol. The Morgan fingerprint density at radius 2 is 1.95 bits per heavy atom. The van der Waals surface area contributed by atoms with E-state index in [1.54, 1.807) is 25.3 Å². The Morgan fingerprint density at radius 1 is 1.19 bits per heavy atom. The van der Waals surface area contributed by atoms with E-state index >= 15 is 0 Å². The van der Waals surface area contributed by atoms with Gasteiger partial charge in [-0.15, -0.1) is 0 Å². The van der Waals surface area contributed by atoms with Crippen molar-refractivity contribution in [3.8, 4) is 11.5 Å². The molecule has 1 atom stereocenters. The van der Waals surface area contributed by atoms with Gasteiger partial charge in [0.2, 0.25) is 0 Å². The summed E-state index contributed by atoms with van der Waals surface area (Å²) in [6.07, 6.45) is 0. The molecule has 1 aromatic carbocycles. The van der Waals surface area contributed by atoms with Gasteiger partial charge in [0.25, 0.3) is 5.91 Å². The summed E-state index contributed by atoms with van der Waals surface area (Å²) in [6, 6.07) is 8.58. The topological polar surface area (TPSA) is 60.7 Å². The molecular formula is C16H19NO4. The number of hydrogen-bond acceptors (Lipinski definition) is 4. The molecule has 2 aromatic rings. The average molecular weight is 289 g/mol. The van der Waals surface area contributed by atoms with Crippen LogP contribution in [0.1, 0.15) is 34.8 Å². The van der Waals surface area contributed by atoms with Crippen LogP contribution in [-0.2, 0) is 0 Å². The zero-order valence-electron chi connectivity index (χ0n) is 12.6. The van der Waals surface area contributed by atoms with E-state index in [2.05, 4.69) is 5.32 Å². The maximum absolute atomic E-state index is 12.4. The highest BCUT2D eigenvalue weighted by Crippen LogP contribution is 2.25. The molecule has 1 heterocycles. The van der Waals surface area contributed by atoms with Crippen molar-refractivity contribution in [1.29, 1.82) is 0 Å². The van der Waals surface area contributed by atoms with Crippen LogP contribution in [0.4, 0.5) is 0 Å². The van der Waals surface area contributed by atoms with Gasteiger partial charge in [0.05, 0.1) is 25.8 Å². The second-order valence-corrected chi connectivity index (χ2v) is 4.71. The first kappa shape index (κ1) is 15.0. The molecular weight excluding hydrogens is 270 g/mol. The van der Waals surface area contributed by atoms with E-state index in [9.17, 15) is 4.79 Å². The fourth-order valence-corrected chi connectivity index (χ4v) is 2.02. The van der Waals surface area contributed by atoms with Gasteiger partial charge >= 0.3 is 0 Å². The lowest BCUT2D eigenvalue weighted by Crippen LogP contribution is -2.26. The molecule has 0 aliphatic carbocycles. The molecule has 112 valence electrons. The lowest BCUT2D eigenvalue weighted by molar-refractivity contribution is 0.0931. The first-order valence-electron chi connectivity index (χ1n) is 6.64. The number of furan rings is 1. The van der Waals surface area contributed by atoms with E-state index in [0.717, 1.165) is 5.76 Å². The lowest BCUT2D eigenvalue weighted by atomic mass is 10.1. The monoisotopic (exact) mass is 289 g/mol. The van der Waals surface area contributed by atoms with Crippen LogP contribution in [0.15, 0.2) is 34.7 Å². The van der Waals surface area contributed by atoms with E-state index in [4.69, 9.17) is 13.9 Å². The van der Waals surface area contributed by atoms with Gasteiger partial charge in [0, 0.05) is 0 Å². The van der Waals surface area contributed by atoms with Crippen LogP contribution in [0.2, 0.25) is 0 Å². The van der Waals surface area contributed by atoms with E-state index in [-0.39, 0.29) is 11.9 Å². The number of rotatable bonds is 5. The predicted octanol–water partition coefficient (Wildman–Crippen LogP) is 3.10. The Kier molecular flexibility index (Phi) is 4.52. The van der Waals surface area contributed by atoms with Gasteiger partial charge in [-0.3, -0.25) is 4.79 Å². The minimum absolute atomic E-state index is 0.234. The van der Waals surface area contributed by atoms with E-state index in [1.165, 1.54) is 7.11 Å². The number of aryl methyl sites for hydroxylation is 1. The summed E-state index contributed by atoms with van der Waals surface area (Å²) < 4.78 is 15.9. The third-order valence-corrected chi connectivity index (χ3v) is 3.19. The average Bonchev–Trinajstić information content (AvgIpc) is 2.93. The number of methoxy groups -OCH3 is 2. The molecule has 0 aliphatic heterocycles. The number of benzene rings is 1. The zero-order valence-corrected chi connectivity index (χ0v) is 12.6. The summed E-state index contributed by atoms with van der Waals surface area (Å²) in [5, 5.41) is 2.88. The van der Waals surface area contributed by atoms with Gasteiger partial charge in [-0.2, -0.15) is 0 Å². The molecule has 1 amide bonds. The maximum Gasteiger partial charge on any atom is 0.255 e. The largest absolute Gasteiger partial charge is 0.497 e. The van der Waals surface area contributed by atoms with Gasteiger partial charge in [0.15, 0.2) is 0 Å². The highest BCUT2D eigenvalue weighted by molar-refractivity contribution is 5.97. The van der Waals surface area contributed by atoms with Gasteiger partial charge < -0.3 is 19.2 Å². The molecule has 1 N–H and O–H groups in total. The molecule has 0 radical (unpaired) electrons. The minimum Gasteiger partial charge on any atom is -0.497 e. The molecule has 5 heteroatoms. The standard InChI is InChI=1S/C16H19NO4/c1-10-5-7-14(21-10)11(2)17-16(18)13-9-12(19-3)6-8-15(13)20-4/h5-9,11H,1-4H3,(H,17,18). The molecule has 0 aliphatic rings. The van der Waals surface area contributed by atoms with E-state index < -0.39 is 0 Å². The Morgan fingerprint density at radius 3 is 2.52 bits per heavy atom. The summed E-state index contributed by atoms with van der Waals surface area (Å²) in [7, 11) is 3.08. The van der Waals surface area contributed by atoms with Gasteiger partial charge in [0.1, 0.15) is 23.0 Å². The molecule has 2 rings (SSSR count). The van der Waals surface area contributed by atoms with Crippen LogP contribution >= 0.6 is 0 Å². The first-order chi connectivity index (χ1) is 10.0. The smallest absolute Gasteiger partial charge is 0.255 e. The van der Waals surface area contributed by atoms with Crippen molar-refractivity contribution >= 4 is 5.91 Å². The van der Waals surface area contributed by atoms with Crippen molar-refractivity contribution in [1.82, 2.24) is 5.32 Å². The van der Waals surface area contributed by atoms with E-state index in [0.29, 0.717) is 22.8 Å². The van der Waals surface area contributed by atoms with Crippen LogP contribution in [-0.4, -0.2) is 20.1 Å². The Bertz CT molecular complexity index is 633. The van der Waals surface area contributed by atoms with E-state index in [1.807, 2.05) is 26.0 Å². The molecule has 0 saturated carbocycles. The number of hydrogen-bond donors (Lipinski definition) is 1. The summed E-state index contributed by atoms with van der Waals surface area (Å²) in [6.45, 7) is 3.73. The fourth-order valence-electron chi connectivity index (χ4n) is 2.02. The molecule has 1 unspecified atom stereocenters. The lowest BCUT2D eigenvalue weighted by Gasteiger charge is -2.14. The Labute approximate surface area is 123 Å². The van der Waals surface area contributed by atoms with Crippen molar-refractivity contribution in [2.45, 2.75) is 19.9 Å². The molecule has 1 aromatic heterocycles. The molecule has 0 fully saturated rings. The second-order valence-electron chi connectivity index (χ2n) is 4.71. The van der Waals surface area contributed by atoms with Gasteiger partial charge in [-0.25, -0.2) is 0 Å². The number of nitrogens with one attached hydrogen (secondary N) is 1. The Hall–Kier alpha value is -2.43. The van der Waals surface area contributed by atoms with Crippen molar-refractivity contribution in [3.05, 3.63) is 47.4 Å². The quantitative estimate of drug-likeness (QED) is 0.918. The van der Waals surface area contributed by atoms with Crippen LogP contribution in [0, 0.1) is 6.92 Å². The second kappa shape index (κ2) is 6.35. The highest BCUT2D eigenvalue weighted by Gasteiger charge is 2.18. The first-order valence-corrected chi connectivity index (χ1v) is 6.64. The van der Waals surface area contributed by atoms with Crippen LogP contribution in [0.3, 0.4) is 0 Å². The molecule has 0 saturated heterocycles. The minimum atomic E-state index is -0.243. The fraction of sp³-hybridized carbons (Fsp3) is 0.312. The van der Waals surface area contributed by atoms with Crippen molar-refractivity contribution in [3.63, 3.8) is 0 Å². The third-order valence-electron chi connectivity index (χ3n) is 3.19. The molecule has 21 heavy (non-hydrogen) atoms. The zero-order chi connectivity index (χ0) is 15.4. The summed E-state index contributed by atoms with van der Waals surface area (Å²) in [4.78, 5) is 12.4. The van der Waals surface area contributed by atoms with Crippen LogP contribution in [0.25, 0.3) is 0 Å². The maximum atomic E-state index is 12.4. The van der Waals surface area contributed by atoms with Crippen molar-refractivity contribution in [2.75, 3.05) is 14.2 Å². The summed E-state index contributed by atoms with van der Waals surface area (Å²) in [5.41, 5.74) is 0.423. The summed E-state index contributed by atoms with van der Waals surface area (Å²) >= 11 is 0. The van der Waals surface area contributed by atoms with Gasteiger partial charge in [-0.1, -0.05) is 0 Å². The SMILES string of the molecule is COc1ccc(OC)c(C(=O)NC(C)c2ccc(C)o2)c1. The normalized spacial score (nSPS) is 11.8. The van der Waals surface area contributed by atoms with Gasteiger partial charge in [-0.05, 0) is 44.2 Å². The third kappa shape index (κ3) is 3.37. The van der Waals surface area contributed by atoms with Crippen LogP contribution < -0.4 is 14.8 Å². The number of carbonyl (C=O) groups excluding carboxylic acids is 1. The number of carbonyl (C=O) groups is 1. The number of amides is 1. The molecule has 0 spiro atoms.